The summed E-state index contributed by atoms with van der Waals surface area (Å²) >= 11 is 0. The van der Waals surface area contributed by atoms with Gasteiger partial charge >= 0.3 is 12.3 Å². The number of carbonyl (C=O) groups is 3. The molecule has 0 bridgehead atoms. The minimum absolute atomic E-state index is 0.0863. The fraction of sp³-hybridized carbons (Fsp3) is 0.240. The molecule has 2 N–H and O–H groups in total. The van der Waals surface area contributed by atoms with E-state index in [-0.39, 0.29) is 29.8 Å². The smallest absolute Gasteiger partial charge is 0.480 e. The van der Waals surface area contributed by atoms with Crippen molar-refractivity contribution < 1.29 is 37.4 Å². The highest BCUT2D eigenvalue weighted by Gasteiger charge is 2.38. The first-order valence-corrected chi connectivity index (χ1v) is 11.1. The number of amides is 2. The maximum absolute atomic E-state index is 12.9. The summed E-state index contributed by atoms with van der Waals surface area (Å²) in [7, 11) is 0. The van der Waals surface area contributed by atoms with Gasteiger partial charge in [-0.15, -0.1) is 13.2 Å². The molecule has 0 unspecified atom stereocenters. The van der Waals surface area contributed by atoms with Crippen molar-refractivity contribution in [2.24, 2.45) is 5.92 Å². The number of carboxylic acids is 1. The topological polar surface area (TPSA) is 122 Å². The Bertz CT molecular complexity index is 1340. The molecule has 37 heavy (non-hydrogen) atoms. The summed E-state index contributed by atoms with van der Waals surface area (Å²) in [4.78, 5) is 46.8. The van der Waals surface area contributed by atoms with Crippen LogP contribution in [0.25, 0.3) is 11.3 Å². The number of alkyl halides is 3. The lowest BCUT2D eigenvalue weighted by molar-refractivity contribution is -0.274. The molecule has 192 valence electrons. The monoisotopic (exact) mass is 514 g/mol. The van der Waals surface area contributed by atoms with Crippen molar-refractivity contribution in [3.63, 3.8) is 0 Å². The number of hydrogen-bond donors (Lipinski definition) is 2. The third kappa shape index (κ3) is 5.68. The maximum Gasteiger partial charge on any atom is 0.573 e. The number of hydrogen-bond acceptors (Lipinski definition) is 6. The quantitative estimate of drug-likeness (QED) is 0.481. The first-order valence-electron chi connectivity index (χ1n) is 11.1. The molecule has 0 saturated heterocycles. The number of benzene rings is 2. The third-order valence-electron chi connectivity index (χ3n) is 5.70. The van der Waals surface area contributed by atoms with Crippen LogP contribution in [0.2, 0.25) is 0 Å². The number of aromatic nitrogens is 2. The summed E-state index contributed by atoms with van der Waals surface area (Å²) in [6, 6.07) is 8.57. The zero-order valence-corrected chi connectivity index (χ0v) is 19.6. The second-order valence-electron chi connectivity index (χ2n) is 8.65. The highest BCUT2D eigenvalue weighted by molar-refractivity contribution is 6.04. The molecule has 1 atom stereocenters. The number of aliphatic carboxylic acids is 1. The molecule has 12 heteroatoms. The number of nitrogens with one attached hydrogen (secondary N) is 1. The molecule has 1 aliphatic heterocycles. The third-order valence-corrected chi connectivity index (χ3v) is 5.70. The zero-order chi connectivity index (χ0) is 26.9. The minimum Gasteiger partial charge on any atom is -0.480 e. The SMILES string of the molecule is CC(C)[C@@H](C(=O)O)N1Cc2ccc(-c3cnc(NC(=O)c4ccc(OC(F)(F)F)cc4)cn3)cc2C1=O. The number of nitrogens with zero attached hydrogens (tertiary/aromatic N) is 3. The van der Waals surface area contributed by atoms with E-state index in [2.05, 4.69) is 20.0 Å². The number of fused-ring (bicyclic) bond motifs is 1. The summed E-state index contributed by atoms with van der Waals surface area (Å²) in [5, 5.41) is 12.1. The van der Waals surface area contributed by atoms with Crippen LogP contribution >= 0.6 is 0 Å². The Kier molecular flexibility index (Phi) is 6.84. The number of carbonyl (C=O) groups excluding carboxylic acids is 2. The van der Waals surface area contributed by atoms with Crippen LogP contribution in [0.15, 0.2) is 54.9 Å². The molecular weight excluding hydrogens is 493 g/mol. The van der Waals surface area contributed by atoms with Crippen LogP contribution in [-0.2, 0) is 11.3 Å². The summed E-state index contributed by atoms with van der Waals surface area (Å²) in [6.45, 7) is 3.69. The summed E-state index contributed by atoms with van der Waals surface area (Å²) < 4.78 is 40.6. The molecule has 3 aromatic rings. The average Bonchev–Trinajstić information content (AvgIpc) is 3.14. The van der Waals surface area contributed by atoms with Gasteiger partial charge in [-0.1, -0.05) is 26.0 Å². The number of carboxylic acid groups (broad SMARTS) is 1. The molecule has 0 fully saturated rings. The van der Waals surface area contributed by atoms with E-state index in [1.54, 1.807) is 32.0 Å². The van der Waals surface area contributed by atoms with E-state index in [9.17, 15) is 32.7 Å². The van der Waals surface area contributed by atoms with Gasteiger partial charge in [-0.25, -0.2) is 9.78 Å². The Morgan fingerprint density at radius 1 is 1.08 bits per heavy atom. The van der Waals surface area contributed by atoms with Crippen LogP contribution in [-0.4, -0.2) is 50.2 Å². The summed E-state index contributed by atoms with van der Waals surface area (Å²) in [6.07, 6.45) is -2.14. The molecule has 2 aromatic carbocycles. The molecule has 1 aromatic heterocycles. The van der Waals surface area contributed by atoms with Crippen LogP contribution < -0.4 is 10.1 Å². The van der Waals surface area contributed by atoms with Crippen LogP contribution in [0.3, 0.4) is 0 Å². The van der Waals surface area contributed by atoms with E-state index in [0.717, 1.165) is 12.1 Å². The average molecular weight is 514 g/mol. The molecular formula is C25H21F3N4O5. The molecule has 0 spiro atoms. The van der Waals surface area contributed by atoms with Gasteiger partial charge in [0.25, 0.3) is 11.8 Å². The van der Waals surface area contributed by atoms with Gasteiger partial charge in [0.2, 0.25) is 0 Å². The van der Waals surface area contributed by atoms with Crippen molar-refractivity contribution in [3.8, 4) is 17.0 Å². The van der Waals surface area contributed by atoms with Crippen LogP contribution in [0.1, 0.15) is 40.1 Å². The standard InChI is InChI=1S/C25H21F3N4O5/c1-13(2)21(24(35)36)32-12-16-4-3-15(9-18(16)23(32)34)19-10-30-20(11-29-19)31-22(33)14-5-7-17(8-6-14)37-25(26,27)28/h3-11,13,21H,12H2,1-2H3,(H,35,36)(H,30,31,33)/t21-/m0/s1. The van der Waals surface area contributed by atoms with E-state index in [1.165, 1.54) is 29.4 Å². The Morgan fingerprint density at radius 3 is 2.35 bits per heavy atom. The molecule has 2 heterocycles. The molecule has 2 amide bonds. The van der Waals surface area contributed by atoms with Gasteiger partial charge < -0.3 is 20.1 Å². The van der Waals surface area contributed by atoms with Gasteiger partial charge in [-0.2, -0.15) is 0 Å². The van der Waals surface area contributed by atoms with Crippen LogP contribution in [0.5, 0.6) is 5.75 Å². The molecule has 0 saturated carbocycles. The Morgan fingerprint density at radius 2 is 1.78 bits per heavy atom. The lowest BCUT2D eigenvalue weighted by Crippen LogP contribution is -2.44. The number of halogens is 3. The van der Waals surface area contributed by atoms with E-state index < -0.39 is 30.0 Å². The second kappa shape index (κ2) is 9.88. The van der Waals surface area contributed by atoms with E-state index in [0.29, 0.717) is 22.4 Å². The number of rotatable bonds is 7. The second-order valence-corrected chi connectivity index (χ2v) is 8.65. The maximum atomic E-state index is 12.9. The van der Waals surface area contributed by atoms with Crippen molar-refractivity contribution in [3.05, 3.63) is 71.5 Å². The summed E-state index contributed by atoms with van der Waals surface area (Å²) in [5.74, 6) is -2.66. The van der Waals surface area contributed by atoms with Crippen molar-refractivity contribution in [2.75, 3.05) is 5.32 Å². The van der Waals surface area contributed by atoms with E-state index in [1.807, 2.05) is 0 Å². The van der Waals surface area contributed by atoms with Gasteiger partial charge in [-0.3, -0.25) is 14.6 Å². The number of anilines is 1. The zero-order valence-electron chi connectivity index (χ0n) is 19.6. The molecule has 0 aliphatic carbocycles. The number of ether oxygens (including phenoxy) is 1. The lowest BCUT2D eigenvalue weighted by atomic mass is 10.0. The van der Waals surface area contributed by atoms with Gasteiger partial charge in [0.05, 0.1) is 18.1 Å². The van der Waals surface area contributed by atoms with Crippen molar-refractivity contribution in [1.29, 1.82) is 0 Å². The lowest BCUT2D eigenvalue weighted by Gasteiger charge is -2.27. The Labute approximate surface area is 208 Å². The van der Waals surface area contributed by atoms with Gasteiger partial charge in [0.1, 0.15) is 11.8 Å². The van der Waals surface area contributed by atoms with Crippen LogP contribution in [0, 0.1) is 5.92 Å². The van der Waals surface area contributed by atoms with Crippen molar-refractivity contribution >= 4 is 23.6 Å². The minimum atomic E-state index is -4.83. The fourth-order valence-electron chi connectivity index (χ4n) is 4.02. The van der Waals surface area contributed by atoms with E-state index in [4.69, 9.17) is 0 Å². The normalized spacial score (nSPS) is 13.9. The highest BCUT2D eigenvalue weighted by Crippen LogP contribution is 2.31. The first-order chi connectivity index (χ1) is 17.4. The Hall–Kier alpha value is -4.48. The van der Waals surface area contributed by atoms with Crippen molar-refractivity contribution in [2.45, 2.75) is 32.8 Å². The molecule has 9 nitrogen and oxygen atoms in total. The molecule has 4 rings (SSSR count). The predicted molar refractivity (Wildman–Crippen MR) is 125 cm³/mol. The summed E-state index contributed by atoms with van der Waals surface area (Å²) in [5.41, 5.74) is 2.18. The van der Waals surface area contributed by atoms with Gasteiger partial charge in [0, 0.05) is 23.2 Å². The first kappa shape index (κ1) is 25.6. The van der Waals surface area contributed by atoms with Crippen molar-refractivity contribution in [1.82, 2.24) is 14.9 Å². The largest absolute Gasteiger partial charge is 0.573 e. The Balaban J connectivity index is 1.45. The van der Waals surface area contributed by atoms with E-state index >= 15 is 0 Å². The fourth-order valence-corrected chi connectivity index (χ4v) is 4.02. The van der Waals surface area contributed by atoms with Crippen LogP contribution in [0.4, 0.5) is 19.0 Å². The predicted octanol–water partition coefficient (Wildman–Crippen LogP) is 4.36. The van der Waals surface area contributed by atoms with Gasteiger partial charge in [-0.05, 0) is 41.8 Å². The molecule has 0 radical (unpaired) electrons. The molecule has 1 aliphatic rings. The highest BCUT2D eigenvalue weighted by atomic mass is 19.4. The van der Waals surface area contributed by atoms with Gasteiger partial charge in [0.15, 0.2) is 5.82 Å².